The van der Waals surface area contributed by atoms with Crippen LogP contribution in [0, 0.1) is 11.3 Å². The molecule has 3 rings (SSSR count). The topological polar surface area (TPSA) is 63.4 Å². The highest BCUT2D eigenvalue weighted by molar-refractivity contribution is 5.53. The van der Waals surface area contributed by atoms with E-state index in [9.17, 15) is 10.4 Å². The number of aromatic nitrogens is 1. The van der Waals surface area contributed by atoms with Crippen molar-refractivity contribution in [2.24, 2.45) is 0 Å². The largest absolute Gasteiger partial charge is 0.389 e. The zero-order valence-corrected chi connectivity index (χ0v) is 13.7. The maximum absolute atomic E-state index is 10.8. The molecule has 0 radical (unpaired) electrons. The Morgan fingerprint density at radius 3 is 2.74 bits per heavy atom. The van der Waals surface area contributed by atoms with Crippen LogP contribution in [0.25, 0.3) is 0 Å². The van der Waals surface area contributed by atoms with Crippen molar-refractivity contribution >= 4 is 5.82 Å². The Morgan fingerprint density at radius 2 is 1.96 bits per heavy atom. The van der Waals surface area contributed by atoms with Crippen molar-refractivity contribution in [3.05, 3.63) is 23.9 Å². The summed E-state index contributed by atoms with van der Waals surface area (Å²) >= 11 is 0. The van der Waals surface area contributed by atoms with E-state index in [0.717, 1.165) is 70.6 Å². The maximum Gasteiger partial charge on any atom is 0.146 e. The van der Waals surface area contributed by atoms with Crippen molar-refractivity contribution in [1.29, 1.82) is 5.26 Å². The molecule has 0 amide bonds. The normalized spacial score (nSPS) is 22.3. The van der Waals surface area contributed by atoms with Gasteiger partial charge in [0, 0.05) is 38.9 Å². The van der Waals surface area contributed by atoms with Gasteiger partial charge in [-0.2, -0.15) is 5.26 Å². The molecule has 5 nitrogen and oxygen atoms in total. The van der Waals surface area contributed by atoms with E-state index >= 15 is 0 Å². The van der Waals surface area contributed by atoms with E-state index in [1.165, 1.54) is 6.42 Å². The lowest BCUT2D eigenvalue weighted by Gasteiger charge is -2.36. The van der Waals surface area contributed by atoms with E-state index in [1.807, 2.05) is 12.1 Å². The third kappa shape index (κ3) is 4.01. The van der Waals surface area contributed by atoms with Gasteiger partial charge in [0.25, 0.3) is 0 Å². The molecule has 2 fully saturated rings. The molecule has 124 valence electrons. The summed E-state index contributed by atoms with van der Waals surface area (Å²) in [6.45, 7) is 4.49. The zero-order valence-electron chi connectivity index (χ0n) is 13.7. The summed E-state index contributed by atoms with van der Waals surface area (Å²) in [7, 11) is 0. The van der Waals surface area contributed by atoms with Crippen molar-refractivity contribution in [2.45, 2.75) is 44.1 Å². The minimum atomic E-state index is -0.490. The second kappa shape index (κ2) is 7.29. The average molecular weight is 314 g/mol. The summed E-state index contributed by atoms with van der Waals surface area (Å²) in [5.74, 6) is 0.799. The van der Waals surface area contributed by atoms with Gasteiger partial charge < -0.3 is 10.0 Å². The van der Waals surface area contributed by atoms with Gasteiger partial charge in [0.15, 0.2) is 0 Å². The zero-order chi connectivity index (χ0) is 16.1. The lowest BCUT2D eigenvalue weighted by molar-refractivity contribution is -0.0248. The second-order valence-electron chi connectivity index (χ2n) is 6.89. The maximum atomic E-state index is 10.8. The molecule has 1 aromatic rings. The van der Waals surface area contributed by atoms with Gasteiger partial charge in [0.2, 0.25) is 0 Å². The molecular formula is C18H26N4O. The number of hydrogen-bond donors (Lipinski definition) is 1. The molecule has 0 aromatic carbocycles. The number of anilines is 1. The van der Waals surface area contributed by atoms with E-state index in [-0.39, 0.29) is 0 Å². The first kappa shape index (κ1) is 16.2. The Kier molecular flexibility index (Phi) is 5.14. The molecule has 0 bridgehead atoms. The molecule has 1 aromatic heterocycles. The van der Waals surface area contributed by atoms with E-state index < -0.39 is 5.60 Å². The smallest absolute Gasteiger partial charge is 0.146 e. The Hall–Kier alpha value is -1.64. The lowest BCUT2D eigenvalue weighted by atomic mass is 9.84. The van der Waals surface area contributed by atoms with Crippen LogP contribution in [0.1, 0.15) is 44.1 Å². The minimum Gasteiger partial charge on any atom is -0.389 e. The summed E-state index contributed by atoms with van der Waals surface area (Å²) in [6, 6.07) is 5.88. The molecule has 23 heavy (non-hydrogen) atoms. The molecule has 1 aliphatic heterocycles. The van der Waals surface area contributed by atoms with Crippen molar-refractivity contribution in [3.8, 4) is 6.07 Å². The van der Waals surface area contributed by atoms with Crippen LogP contribution in [0.15, 0.2) is 18.3 Å². The molecule has 0 unspecified atom stereocenters. The fraction of sp³-hybridized carbons (Fsp3) is 0.667. The molecule has 2 heterocycles. The third-order valence-electron chi connectivity index (χ3n) is 5.10. The molecule has 1 saturated carbocycles. The SMILES string of the molecule is N#Cc1cccnc1N1CCCN(CC2(O)CCCCC2)CC1. The van der Waals surface area contributed by atoms with Crippen LogP contribution in [0.5, 0.6) is 0 Å². The average Bonchev–Trinajstić information content (AvgIpc) is 2.80. The van der Waals surface area contributed by atoms with Crippen LogP contribution >= 0.6 is 0 Å². The van der Waals surface area contributed by atoms with Gasteiger partial charge in [-0.05, 0) is 31.4 Å². The summed E-state index contributed by atoms with van der Waals surface area (Å²) in [6.07, 6.45) is 8.22. The quantitative estimate of drug-likeness (QED) is 0.926. The van der Waals surface area contributed by atoms with Crippen LogP contribution in [0.2, 0.25) is 0 Å². The van der Waals surface area contributed by atoms with E-state index in [0.29, 0.717) is 5.56 Å². The summed E-state index contributed by atoms with van der Waals surface area (Å²) in [5, 5.41) is 20.0. The van der Waals surface area contributed by atoms with Gasteiger partial charge in [-0.3, -0.25) is 4.90 Å². The number of hydrogen-bond acceptors (Lipinski definition) is 5. The van der Waals surface area contributed by atoms with Crippen LogP contribution in [-0.2, 0) is 0 Å². The van der Waals surface area contributed by atoms with Gasteiger partial charge in [0.05, 0.1) is 11.2 Å². The van der Waals surface area contributed by atoms with Crippen LogP contribution in [-0.4, -0.2) is 53.3 Å². The molecule has 1 saturated heterocycles. The first-order chi connectivity index (χ1) is 11.2. The van der Waals surface area contributed by atoms with Crippen LogP contribution in [0.4, 0.5) is 5.82 Å². The van der Waals surface area contributed by atoms with E-state index in [4.69, 9.17) is 0 Å². The number of nitriles is 1. The second-order valence-corrected chi connectivity index (χ2v) is 6.89. The van der Waals surface area contributed by atoms with Crippen molar-refractivity contribution in [1.82, 2.24) is 9.88 Å². The predicted molar refractivity (Wildman–Crippen MR) is 90.3 cm³/mol. The van der Waals surface area contributed by atoms with Crippen molar-refractivity contribution < 1.29 is 5.11 Å². The van der Waals surface area contributed by atoms with Gasteiger partial charge >= 0.3 is 0 Å². The number of pyridine rings is 1. The summed E-state index contributed by atoms with van der Waals surface area (Å²) in [5.41, 5.74) is 0.155. The predicted octanol–water partition coefficient (Wildman–Crippen LogP) is 2.16. The first-order valence-corrected chi connectivity index (χ1v) is 8.75. The minimum absolute atomic E-state index is 0.490. The number of rotatable bonds is 3. The van der Waals surface area contributed by atoms with Crippen LogP contribution in [0.3, 0.4) is 0 Å². The molecule has 2 aliphatic rings. The molecule has 0 atom stereocenters. The third-order valence-corrected chi connectivity index (χ3v) is 5.10. The van der Waals surface area contributed by atoms with E-state index in [2.05, 4.69) is 20.9 Å². The lowest BCUT2D eigenvalue weighted by Crippen LogP contribution is -2.45. The highest BCUT2D eigenvalue weighted by atomic mass is 16.3. The molecule has 1 aliphatic carbocycles. The number of nitrogens with zero attached hydrogens (tertiary/aromatic N) is 4. The Labute approximate surface area is 138 Å². The first-order valence-electron chi connectivity index (χ1n) is 8.75. The Morgan fingerprint density at radius 1 is 1.13 bits per heavy atom. The summed E-state index contributed by atoms with van der Waals surface area (Å²) < 4.78 is 0. The molecule has 1 N–H and O–H groups in total. The highest BCUT2D eigenvalue weighted by Crippen LogP contribution is 2.29. The van der Waals surface area contributed by atoms with Gasteiger partial charge in [-0.15, -0.1) is 0 Å². The fourth-order valence-corrected chi connectivity index (χ4v) is 3.86. The molecule has 5 heteroatoms. The monoisotopic (exact) mass is 314 g/mol. The summed E-state index contributed by atoms with van der Waals surface area (Å²) in [4.78, 5) is 9.01. The highest BCUT2D eigenvalue weighted by Gasteiger charge is 2.32. The Balaban J connectivity index is 1.62. The van der Waals surface area contributed by atoms with E-state index in [1.54, 1.807) is 6.20 Å². The Bertz CT molecular complexity index is 562. The number of aliphatic hydroxyl groups is 1. The van der Waals surface area contributed by atoms with Gasteiger partial charge in [-0.25, -0.2) is 4.98 Å². The molecular weight excluding hydrogens is 288 g/mol. The van der Waals surface area contributed by atoms with Crippen molar-refractivity contribution in [3.63, 3.8) is 0 Å². The number of β-amino-alcohol motifs (C(OH)–C–C–N with tert-alkyl or cyclic N) is 1. The van der Waals surface area contributed by atoms with Crippen molar-refractivity contribution in [2.75, 3.05) is 37.6 Å². The fourth-order valence-electron chi connectivity index (χ4n) is 3.86. The van der Waals surface area contributed by atoms with Gasteiger partial charge in [0.1, 0.15) is 11.9 Å². The van der Waals surface area contributed by atoms with Gasteiger partial charge in [-0.1, -0.05) is 19.3 Å². The van der Waals surface area contributed by atoms with Crippen LogP contribution < -0.4 is 4.90 Å². The molecule has 0 spiro atoms. The standard InChI is InChI=1S/C18H26N4O/c19-14-16-6-4-9-20-17(16)22-11-5-10-21(12-13-22)15-18(23)7-2-1-3-8-18/h4,6,9,23H,1-3,5,7-8,10-13,15H2.